The first kappa shape index (κ1) is 20.9. The Kier molecular flexibility index (Phi) is 6.48. The first-order chi connectivity index (χ1) is 15.2. The van der Waals surface area contributed by atoms with Crippen LogP contribution in [-0.4, -0.2) is 39.3 Å². The molecular formula is C23H20FN5OS. The molecule has 0 saturated carbocycles. The van der Waals surface area contributed by atoms with Crippen LogP contribution in [0, 0.1) is 17.7 Å². The quantitative estimate of drug-likeness (QED) is 0.404. The van der Waals surface area contributed by atoms with Gasteiger partial charge in [-0.15, -0.1) is 11.3 Å². The van der Waals surface area contributed by atoms with Crippen molar-refractivity contribution in [1.29, 1.82) is 0 Å². The van der Waals surface area contributed by atoms with Gasteiger partial charge >= 0.3 is 0 Å². The number of nitrogens with one attached hydrogen (secondary N) is 1. The Balaban J connectivity index is 1.68. The predicted octanol–water partition coefficient (Wildman–Crippen LogP) is 3.22. The summed E-state index contributed by atoms with van der Waals surface area (Å²) < 4.78 is 15.1. The van der Waals surface area contributed by atoms with E-state index in [1.165, 1.54) is 23.6 Å². The van der Waals surface area contributed by atoms with Crippen molar-refractivity contribution < 1.29 is 9.50 Å². The number of nitrogens with two attached hydrogens (primary N) is 1. The van der Waals surface area contributed by atoms with Crippen LogP contribution >= 0.6 is 11.3 Å². The number of anilines is 1. The van der Waals surface area contributed by atoms with Crippen LogP contribution in [0.3, 0.4) is 0 Å². The van der Waals surface area contributed by atoms with Gasteiger partial charge in [0.05, 0.1) is 22.0 Å². The summed E-state index contributed by atoms with van der Waals surface area (Å²) in [5.41, 5.74) is 8.99. The zero-order chi connectivity index (χ0) is 21.6. The molecule has 6 nitrogen and oxygen atoms in total. The highest BCUT2D eigenvalue weighted by Crippen LogP contribution is 2.32. The fourth-order valence-electron chi connectivity index (χ4n) is 3.16. The molecule has 4 rings (SSSR count). The molecule has 3 heterocycles. The van der Waals surface area contributed by atoms with Gasteiger partial charge in [-0.1, -0.05) is 42.2 Å². The molecule has 31 heavy (non-hydrogen) atoms. The second-order valence-electron chi connectivity index (χ2n) is 6.87. The number of aliphatic hydroxyl groups excluding tert-OH is 1. The topological polar surface area (TPSA) is 97.0 Å². The second-order valence-corrected chi connectivity index (χ2v) is 7.75. The minimum Gasteiger partial charge on any atom is -0.384 e. The van der Waals surface area contributed by atoms with Gasteiger partial charge in [0.2, 0.25) is 0 Å². The maximum absolute atomic E-state index is 14.4. The Labute approximate surface area is 183 Å². The van der Waals surface area contributed by atoms with E-state index < -0.39 is 5.82 Å². The average Bonchev–Trinajstić information content (AvgIpc) is 3.20. The number of hydrogen-bond acceptors (Lipinski definition) is 7. The van der Waals surface area contributed by atoms with Crippen molar-refractivity contribution in [3.8, 4) is 23.2 Å². The van der Waals surface area contributed by atoms with Crippen LogP contribution in [0.1, 0.15) is 11.1 Å². The molecule has 0 saturated heterocycles. The van der Waals surface area contributed by atoms with Gasteiger partial charge < -0.3 is 16.2 Å². The first-order valence-electron chi connectivity index (χ1n) is 9.68. The van der Waals surface area contributed by atoms with Gasteiger partial charge in [-0.25, -0.2) is 14.4 Å². The van der Waals surface area contributed by atoms with Crippen molar-refractivity contribution in [3.05, 3.63) is 71.1 Å². The van der Waals surface area contributed by atoms with Gasteiger partial charge in [0.15, 0.2) is 11.6 Å². The molecule has 1 aromatic carbocycles. The number of nitrogens with zero attached hydrogens (tertiary/aromatic N) is 3. The Morgan fingerprint density at radius 1 is 1.19 bits per heavy atom. The van der Waals surface area contributed by atoms with Gasteiger partial charge in [0.25, 0.3) is 0 Å². The molecule has 0 aliphatic heterocycles. The Morgan fingerprint density at radius 3 is 2.81 bits per heavy atom. The van der Waals surface area contributed by atoms with E-state index in [0.29, 0.717) is 29.9 Å². The summed E-state index contributed by atoms with van der Waals surface area (Å²) in [5, 5.41) is 14.2. The number of thiophene rings is 1. The third-order valence-corrected chi connectivity index (χ3v) is 5.58. The monoisotopic (exact) mass is 433 g/mol. The van der Waals surface area contributed by atoms with Crippen molar-refractivity contribution >= 4 is 27.4 Å². The smallest absolute Gasteiger partial charge is 0.165 e. The van der Waals surface area contributed by atoms with Crippen molar-refractivity contribution in [3.63, 3.8) is 0 Å². The summed E-state index contributed by atoms with van der Waals surface area (Å²) in [6, 6.07) is 11.4. The number of rotatable bonds is 6. The molecule has 4 N–H and O–H groups in total. The van der Waals surface area contributed by atoms with E-state index in [0.717, 1.165) is 16.5 Å². The normalized spacial score (nSPS) is 11.7. The maximum Gasteiger partial charge on any atom is 0.165 e. The van der Waals surface area contributed by atoms with Gasteiger partial charge in [-0.3, -0.25) is 4.98 Å². The maximum atomic E-state index is 14.4. The van der Waals surface area contributed by atoms with Gasteiger partial charge in [-0.05, 0) is 18.1 Å². The van der Waals surface area contributed by atoms with E-state index in [-0.39, 0.29) is 24.0 Å². The molecule has 0 bridgehead atoms. The Bertz CT molecular complexity index is 1250. The fourth-order valence-corrected chi connectivity index (χ4v) is 4.06. The summed E-state index contributed by atoms with van der Waals surface area (Å²) in [5.74, 6) is 5.83. The molecule has 8 heteroatoms. The first-order valence-corrected chi connectivity index (χ1v) is 10.6. The number of pyridine rings is 1. The highest BCUT2D eigenvalue weighted by atomic mass is 32.1. The van der Waals surface area contributed by atoms with E-state index in [9.17, 15) is 4.39 Å². The molecule has 3 aromatic heterocycles. The van der Waals surface area contributed by atoms with Crippen LogP contribution in [0.15, 0.2) is 54.2 Å². The average molecular weight is 434 g/mol. The molecule has 156 valence electrons. The highest BCUT2D eigenvalue weighted by Gasteiger charge is 2.17. The summed E-state index contributed by atoms with van der Waals surface area (Å²) in [4.78, 5) is 12.9. The van der Waals surface area contributed by atoms with Crippen LogP contribution in [0.25, 0.3) is 21.6 Å². The third kappa shape index (κ3) is 4.86. The number of aliphatic hydroxyl groups is 1. The lowest BCUT2D eigenvalue weighted by Crippen LogP contribution is -2.31. The fraction of sp³-hybridized carbons (Fsp3) is 0.174. The highest BCUT2D eigenvalue weighted by molar-refractivity contribution is 7.18. The molecule has 0 aliphatic rings. The van der Waals surface area contributed by atoms with Crippen LogP contribution in [0.5, 0.6) is 0 Å². The standard InChI is InChI=1S/C23H20FN5OS/c24-19-13-26-9-8-18(19)22-28-20-16(7-4-10-30)14-31-21(20)23(29-22)27-12-17(25)11-15-5-2-1-3-6-15/h1-3,5-6,8-9,13-14,17,30H,10-12,25H2,(H,27,28,29). The van der Waals surface area contributed by atoms with Crippen LogP contribution in [-0.2, 0) is 6.42 Å². The van der Waals surface area contributed by atoms with E-state index in [1.54, 1.807) is 0 Å². The van der Waals surface area contributed by atoms with Gasteiger partial charge in [0, 0.05) is 24.2 Å². The molecule has 0 aliphatic carbocycles. The van der Waals surface area contributed by atoms with Crippen LogP contribution < -0.4 is 11.1 Å². The van der Waals surface area contributed by atoms with Gasteiger partial charge in [0.1, 0.15) is 17.9 Å². The molecule has 0 amide bonds. The van der Waals surface area contributed by atoms with Crippen LogP contribution in [0.2, 0.25) is 0 Å². The number of fused-ring (bicyclic) bond motifs is 1. The molecular weight excluding hydrogens is 413 g/mol. The number of benzene rings is 1. The van der Waals surface area contributed by atoms with E-state index in [4.69, 9.17) is 10.8 Å². The zero-order valence-corrected chi connectivity index (χ0v) is 17.4. The Hall–Kier alpha value is -3.38. The number of halogens is 1. The largest absolute Gasteiger partial charge is 0.384 e. The zero-order valence-electron chi connectivity index (χ0n) is 16.5. The minimum absolute atomic E-state index is 0.137. The Morgan fingerprint density at radius 2 is 2.03 bits per heavy atom. The lowest BCUT2D eigenvalue weighted by Gasteiger charge is -2.14. The van der Waals surface area contributed by atoms with Crippen molar-refractivity contribution in [2.75, 3.05) is 18.5 Å². The summed E-state index contributed by atoms with van der Waals surface area (Å²) >= 11 is 1.44. The molecule has 4 aromatic rings. The lowest BCUT2D eigenvalue weighted by molar-refractivity contribution is 0.350. The van der Waals surface area contributed by atoms with Gasteiger partial charge in [-0.2, -0.15) is 0 Å². The second kappa shape index (κ2) is 9.62. The third-order valence-electron chi connectivity index (χ3n) is 4.60. The molecule has 0 fully saturated rings. The minimum atomic E-state index is -0.508. The van der Waals surface area contributed by atoms with Crippen molar-refractivity contribution in [1.82, 2.24) is 15.0 Å². The lowest BCUT2D eigenvalue weighted by atomic mass is 10.1. The number of hydrogen-bond donors (Lipinski definition) is 3. The van der Waals surface area contributed by atoms with E-state index in [1.807, 2.05) is 35.7 Å². The summed E-state index contributed by atoms with van der Waals surface area (Å²) in [6.45, 7) is 0.225. The van der Waals surface area contributed by atoms with E-state index in [2.05, 4.69) is 32.1 Å². The number of aromatic nitrogens is 3. The predicted molar refractivity (Wildman–Crippen MR) is 121 cm³/mol. The SMILES string of the molecule is NC(CNc1nc(-c2ccncc2F)nc2c(C#CCO)csc12)Cc1ccccc1. The summed E-state index contributed by atoms with van der Waals surface area (Å²) in [6.07, 6.45) is 3.34. The molecule has 1 unspecified atom stereocenters. The molecule has 0 spiro atoms. The molecule has 0 radical (unpaired) electrons. The van der Waals surface area contributed by atoms with Crippen molar-refractivity contribution in [2.45, 2.75) is 12.5 Å². The molecule has 1 atom stereocenters. The summed E-state index contributed by atoms with van der Waals surface area (Å²) in [7, 11) is 0. The van der Waals surface area contributed by atoms with Crippen LogP contribution in [0.4, 0.5) is 10.2 Å². The van der Waals surface area contributed by atoms with E-state index >= 15 is 0 Å². The van der Waals surface area contributed by atoms with Crippen molar-refractivity contribution in [2.24, 2.45) is 5.73 Å².